The first-order valence-corrected chi connectivity index (χ1v) is 9.50. The van der Waals surface area contributed by atoms with Gasteiger partial charge < -0.3 is 10.2 Å². The number of nitro benzene ring substituents is 1. The topological polar surface area (TPSA) is 114 Å². The average molecular weight is 395 g/mol. The molecule has 1 aliphatic heterocycles. The maximum Gasteiger partial charge on any atom is 0.324 e. The molecule has 9 heteroatoms. The second kappa shape index (κ2) is 7.50. The number of anilines is 3. The van der Waals surface area contributed by atoms with E-state index in [4.69, 9.17) is 4.63 Å². The number of hydrogen-bond acceptors (Lipinski definition) is 8. The zero-order chi connectivity index (χ0) is 20.5. The lowest BCUT2D eigenvalue weighted by molar-refractivity contribution is -0.382. The summed E-state index contributed by atoms with van der Waals surface area (Å²) < 4.78 is 4.86. The van der Waals surface area contributed by atoms with Gasteiger partial charge in [0.2, 0.25) is 5.52 Å². The van der Waals surface area contributed by atoms with Gasteiger partial charge in [-0.25, -0.2) is 4.63 Å². The van der Waals surface area contributed by atoms with E-state index in [-0.39, 0.29) is 17.0 Å². The third kappa shape index (κ3) is 3.63. The van der Waals surface area contributed by atoms with Crippen molar-refractivity contribution >= 4 is 39.6 Å². The molecule has 29 heavy (non-hydrogen) atoms. The Bertz CT molecular complexity index is 1080. The minimum atomic E-state index is -0.485. The van der Waals surface area contributed by atoms with Crippen LogP contribution in [0.15, 0.2) is 35.0 Å². The van der Waals surface area contributed by atoms with E-state index in [0.29, 0.717) is 28.4 Å². The quantitative estimate of drug-likeness (QED) is 0.386. The normalized spacial score (nSPS) is 16.8. The standard InChI is InChI=1S/C20H21N5O4/c1-12-4-3-9-24(11-12)17-10-16(20(25(27)28)19-18(17)22-29-23-19)21-15-7-5-14(6-8-15)13(2)26/h5-8,10,12,21H,3-4,9,11H2,1-2H3. The molecule has 1 N–H and O–H groups in total. The van der Waals surface area contributed by atoms with Crippen LogP contribution in [0.3, 0.4) is 0 Å². The number of nitrogens with zero attached hydrogens (tertiary/aromatic N) is 4. The molecule has 1 unspecified atom stereocenters. The third-order valence-electron chi connectivity index (χ3n) is 5.24. The number of hydrogen-bond donors (Lipinski definition) is 1. The summed E-state index contributed by atoms with van der Waals surface area (Å²) in [6.07, 6.45) is 2.19. The largest absolute Gasteiger partial charge is 0.369 e. The van der Waals surface area contributed by atoms with Gasteiger partial charge >= 0.3 is 5.69 Å². The predicted molar refractivity (Wildman–Crippen MR) is 109 cm³/mol. The Kier molecular flexibility index (Phi) is 4.87. The first-order valence-electron chi connectivity index (χ1n) is 9.50. The number of nitro groups is 1. The van der Waals surface area contributed by atoms with Crippen molar-refractivity contribution in [2.75, 3.05) is 23.3 Å². The summed E-state index contributed by atoms with van der Waals surface area (Å²) >= 11 is 0. The molecular weight excluding hydrogens is 374 g/mol. The zero-order valence-electron chi connectivity index (χ0n) is 16.2. The number of Topliss-reactive ketones (excluding diaryl/α,β-unsaturated/α-hetero) is 1. The molecule has 150 valence electrons. The van der Waals surface area contributed by atoms with Crippen LogP contribution in [0.4, 0.5) is 22.7 Å². The van der Waals surface area contributed by atoms with Gasteiger partial charge in [0.1, 0.15) is 5.69 Å². The van der Waals surface area contributed by atoms with Gasteiger partial charge in [-0.15, -0.1) is 0 Å². The molecular formula is C20H21N5O4. The molecule has 0 radical (unpaired) electrons. The molecule has 0 saturated carbocycles. The summed E-state index contributed by atoms with van der Waals surface area (Å²) in [4.78, 5) is 25.0. The molecule has 2 heterocycles. The van der Waals surface area contributed by atoms with Gasteiger partial charge in [0.05, 0.1) is 10.6 Å². The van der Waals surface area contributed by atoms with Gasteiger partial charge in [-0.05, 0) is 66.3 Å². The Morgan fingerprint density at radius 3 is 2.66 bits per heavy atom. The van der Waals surface area contributed by atoms with Crippen molar-refractivity contribution in [3.63, 3.8) is 0 Å². The molecule has 0 amide bonds. The number of aromatic nitrogens is 2. The van der Waals surface area contributed by atoms with E-state index in [1.165, 1.54) is 6.92 Å². The van der Waals surface area contributed by atoms with Crippen molar-refractivity contribution in [3.8, 4) is 0 Å². The maximum absolute atomic E-state index is 11.8. The van der Waals surface area contributed by atoms with Crippen molar-refractivity contribution in [2.45, 2.75) is 26.7 Å². The lowest BCUT2D eigenvalue weighted by atomic mass is 9.99. The van der Waals surface area contributed by atoms with Gasteiger partial charge in [-0.1, -0.05) is 6.92 Å². The van der Waals surface area contributed by atoms with E-state index >= 15 is 0 Å². The minimum absolute atomic E-state index is 0.0425. The Morgan fingerprint density at radius 2 is 2.00 bits per heavy atom. The van der Waals surface area contributed by atoms with E-state index < -0.39 is 4.92 Å². The summed E-state index contributed by atoms with van der Waals surface area (Å²) in [5, 5.41) is 22.7. The van der Waals surface area contributed by atoms with Gasteiger partial charge in [0.15, 0.2) is 11.3 Å². The summed E-state index contributed by atoms with van der Waals surface area (Å²) in [6.45, 7) is 5.36. The van der Waals surface area contributed by atoms with Crippen LogP contribution >= 0.6 is 0 Å². The molecule has 4 rings (SSSR count). The van der Waals surface area contributed by atoms with Crippen LogP contribution in [-0.2, 0) is 0 Å². The van der Waals surface area contributed by atoms with Crippen molar-refractivity contribution in [1.29, 1.82) is 0 Å². The number of piperidine rings is 1. The van der Waals surface area contributed by atoms with Crippen LogP contribution in [0.5, 0.6) is 0 Å². The van der Waals surface area contributed by atoms with E-state index in [1.54, 1.807) is 30.3 Å². The van der Waals surface area contributed by atoms with Crippen molar-refractivity contribution in [2.24, 2.45) is 5.92 Å². The fourth-order valence-corrected chi connectivity index (χ4v) is 3.79. The van der Waals surface area contributed by atoms with Crippen molar-refractivity contribution in [3.05, 3.63) is 46.0 Å². The van der Waals surface area contributed by atoms with Crippen LogP contribution in [0.1, 0.15) is 37.0 Å². The van der Waals surface area contributed by atoms with Gasteiger partial charge in [0, 0.05) is 24.3 Å². The molecule has 2 aromatic carbocycles. The predicted octanol–water partition coefficient (Wildman–Crippen LogP) is 4.31. The molecule has 9 nitrogen and oxygen atoms in total. The number of carbonyl (C=O) groups is 1. The number of benzene rings is 2. The zero-order valence-corrected chi connectivity index (χ0v) is 16.2. The smallest absolute Gasteiger partial charge is 0.324 e. The Morgan fingerprint density at radius 1 is 1.28 bits per heavy atom. The number of carbonyl (C=O) groups excluding carboxylic acids is 1. The van der Waals surface area contributed by atoms with Gasteiger partial charge in [0.25, 0.3) is 0 Å². The first-order chi connectivity index (χ1) is 13.9. The minimum Gasteiger partial charge on any atom is -0.369 e. The molecule has 0 aliphatic carbocycles. The molecule has 1 saturated heterocycles. The number of rotatable bonds is 5. The van der Waals surface area contributed by atoms with E-state index in [9.17, 15) is 14.9 Å². The van der Waals surface area contributed by atoms with Crippen molar-refractivity contribution in [1.82, 2.24) is 10.3 Å². The van der Waals surface area contributed by atoms with E-state index in [2.05, 4.69) is 27.5 Å². The van der Waals surface area contributed by atoms with Crippen molar-refractivity contribution < 1.29 is 14.3 Å². The highest BCUT2D eigenvalue weighted by molar-refractivity contribution is 6.00. The Labute approximate surface area is 166 Å². The molecule has 1 atom stereocenters. The number of nitrogens with one attached hydrogen (secondary N) is 1. The molecule has 0 spiro atoms. The molecule has 1 aromatic heterocycles. The van der Waals surface area contributed by atoms with Gasteiger partial charge in [-0.2, -0.15) is 0 Å². The Balaban J connectivity index is 1.80. The second-order valence-corrected chi connectivity index (χ2v) is 7.46. The maximum atomic E-state index is 11.8. The first kappa shape index (κ1) is 18.9. The fraction of sp³-hybridized carbons (Fsp3) is 0.350. The Hall–Kier alpha value is -3.49. The van der Waals surface area contributed by atoms with E-state index in [0.717, 1.165) is 31.6 Å². The molecule has 1 aliphatic rings. The van der Waals surface area contributed by atoms with E-state index in [1.807, 2.05) is 0 Å². The monoisotopic (exact) mass is 395 g/mol. The number of ketones is 1. The number of fused-ring (bicyclic) bond motifs is 1. The summed E-state index contributed by atoms with van der Waals surface area (Å²) in [7, 11) is 0. The average Bonchev–Trinajstić information content (AvgIpc) is 3.16. The lowest BCUT2D eigenvalue weighted by Crippen LogP contribution is -2.34. The van der Waals surface area contributed by atoms with Crippen LogP contribution in [0.25, 0.3) is 11.0 Å². The lowest BCUT2D eigenvalue weighted by Gasteiger charge is -2.32. The van der Waals surface area contributed by atoms with Crippen LogP contribution in [-0.4, -0.2) is 34.1 Å². The summed E-state index contributed by atoms with van der Waals surface area (Å²) in [6, 6.07) is 8.53. The van der Waals surface area contributed by atoms with Crippen LogP contribution < -0.4 is 10.2 Å². The highest BCUT2D eigenvalue weighted by Gasteiger charge is 2.29. The SMILES string of the molecule is CC(=O)c1ccc(Nc2cc(N3CCCC(C)C3)c3nonc3c2[N+](=O)[O-])cc1. The fourth-order valence-electron chi connectivity index (χ4n) is 3.79. The van der Waals surface area contributed by atoms with Crippen LogP contribution in [0.2, 0.25) is 0 Å². The summed E-state index contributed by atoms with van der Waals surface area (Å²) in [5.41, 5.74) is 2.60. The molecule has 1 fully saturated rings. The van der Waals surface area contributed by atoms with Crippen LogP contribution in [0, 0.1) is 16.0 Å². The molecule has 3 aromatic rings. The second-order valence-electron chi connectivity index (χ2n) is 7.46. The third-order valence-corrected chi connectivity index (χ3v) is 5.24. The molecule has 0 bridgehead atoms. The van der Waals surface area contributed by atoms with Gasteiger partial charge in [-0.3, -0.25) is 14.9 Å². The summed E-state index contributed by atoms with van der Waals surface area (Å²) in [5.74, 6) is 0.475. The highest BCUT2D eigenvalue weighted by Crippen LogP contribution is 2.40. The highest BCUT2D eigenvalue weighted by atomic mass is 16.6.